The number of fused-ring (bicyclic) bond motifs is 2. The predicted octanol–water partition coefficient (Wildman–Crippen LogP) is 2.99. The van der Waals surface area contributed by atoms with Gasteiger partial charge < -0.3 is 25.1 Å². The number of carbonyl (C=O) groups excluding carboxylic acids is 1. The molecule has 23 heavy (non-hydrogen) atoms. The highest BCUT2D eigenvalue weighted by molar-refractivity contribution is 5.89. The molecule has 0 unspecified atom stereocenters. The summed E-state index contributed by atoms with van der Waals surface area (Å²) in [4.78, 5) is 18.8. The number of carbonyl (C=O) groups is 1. The van der Waals surface area contributed by atoms with Gasteiger partial charge in [-0.2, -0.15) is 0 Å². The average molecular weight is 310 g/mol. The molecule has 0 radical (unpaired) electrons. The van der Waals surface area contributed by atoms with E-state index in [9.17, 15) is 4.79 Å². The first kappa shape index (κ1) is 13.4. The van der Waals surface area contributed by atoms with E-state index in [1.54, 1.807) is 0 Å². The summed E-state index contributed by atoms with van der Waals surface area (Å²) in [5, 5.41) is 5.93. The summed E-state index contributed by atoms with van der Waals surface area (Å²) in [6, 6.07) is 11.1. The van der Waals surface area contributed by atoms with Gasteiger partial charge in [0.15, 0.2) is 11.5 Å². The molecule has 7 heteroatoms. The molecule has 3 N–H and O–H groups in total. The molecule has 2 heterocycles. The Morgan fingerprint density at radius 3 is 2.78 bits per heavy atom. The molecule has 0 aliphatic carbocycles. The van der Waals surface area contributed by atoms with Crippen LogP contribution in [0, 0.1) is 0 Å². The number of H-pyrrole nitrogens is 1. The SMILES string of the molecule is CC(=O)Nc1cccc(Nc2nc3cc4c(cc3[nH]2)OCO4)c1. The van der Waals surface area contributed by atoms with E-state index in [0.29, 0.717) is 17.4 Å². The summed E-state index contributed by atoms with van der Waals surface area (Å²) < 4.78 is 10.7. The van der Waals surface area contributed by atoms with Crippen LogP contribution in [0.3, 0.4) is 0 Å². The topological polar surface area (TPSA) is 88.3 Å². The Morgan fingerprint density at radius 1 is 1.17 bits per heavy atom. The summed E-state index contributed by atoms with van der Waals surface area (Å²) in [7, 11) is 0. The molecule has 0 spiro atoms. The van der Waals surface area contributed by atoms with Gasteiger partial charge >= 0.3 is 0 Å². The van der Waals surface area contributed by atoms with Crippen molar-refractivity contribution in [3.63, 3.8) is 0 Å². The second-order valence-electron chi connectivity index (χ2n) is 5.20. The van der Waals surface area contributed by atoms with Crippen LogP contribution in [-0.2, 0) is 4.79 Å². The van der Waals surface area contributed by atoms with Gasteiger partial charge in [0.1, 0.15) is 0 Å². The van der Waals surface area contributed by atoms with E-state index in [2.05, 4.69) is 20.6 Å². The van der Waals surface area contributed by atoms with Crippen LogP contribution in [0.2, 0.25) is 0 Å². The van der Waals surface area contributed by atoms with Crippen LogP contribution in [0.5, 0.6) is 11.5 Å². The summed E-state index contributed by atoms with van der Waals surface area (Å²) in [6.45, 7) is 1.71. The van der Waals surface area contributed by atoms with Crippen molar-refractivity contribution in [2.75, 3.05) is 17.4 Å². The smallest absolute Gasteiger partial charge is 0.231 e. The lowest BCUT2D eigenvalue weighted by molar-refractivity contribution is -0.114. The van der Waals surface area contributed by atoms with E-state index in [0.717, 1.165) is 22.4 Å². The maximum absolute atomic E-state index is 11.1. The zero-order valence-electron chi connectivity index (χ0n) is 12.3. The largest absolute Gasteiger partial charge is 0.454 e. The number of hydrogen-bond donors (Lipinski definition) is 3. The highest BCUT2D eigenvalue weighted by Gasteiger charge is 2.16. The van der Waals surface area contributed by atoms with Gasteiger partial charge in [0, 0.05) is 30.4 Å². The van der Waals surface area contributed by atoms with E-state index in [1.807, 2.05) is 36.4 Å². The molecule has 2 aromatic carbocycles. The monoisotopic (exact) mass is 310 g/mol. The Bertz CT molecular complexity index is 862. The number of aromatic amines is 1. The van der Waals surface area contributed by atoms with Gasteiger partial charge in [-0.3, -0.25) is 4.79 Å². The van der Waals surface area contributed by atoms with Crippen molar-refractivity contribution in [2.24, 2.45) is 0 Å². The molecule has 7 nitrogen and oxygen atoms in total. The second-order valence-corrected chi connectivity index (χ2v) is 5.20. The lowest BCUT2D eigenvalue weighted by Gasteiger charge is -2.06. The molecule has 1 aliphatic heterocycles. The zero-order chi connectivity index (χ0) is 15.8. The summed E-state index contributed by atoms with van der Waals surface area (Å²) >= 11 is 0. The van der Waals surface area contributed by atoms with Crippen molar-refractivity contribution in [1.29, 1.82) is 0 Å². The van der Waals surface area contributed by atoms with Gasteiger partial charge in [0.05, 0.1) is 11.0 Å². The maximum atomic E-state index is 11.1. The molecule has 0 saturated heterocycles. The first-order valence-corrected chi connectivity index (χ1v) is 7.11. The van der Waals surface area contributed by atoms with Crippen molar-refractivity contribution in [2.45, 2.75) is 6.92 Å². The average Bonchev–Trinajstić information content (AvgIpc) is 3.09. The third kappa shape index (κ3) is 2.64. The van der Waals surface area contributed by atoms with E-state index < -0.39 is 0 Å². The summed E-state index contributed by atoms with van der Waals surface area (Å²) in [6.07, 6.45) is 0. The first-order chi connectivity index (χ1) is 11.2. The fourth-order valence-electron chi connectivity index (χ4n) is 2.47. The van der Waals surface area contributed by atoms with Crippen molar-refractivity contribution in [3.05, 3.63) is 36.4 Å². The molecule has 0 saturated carbocycles. The van der Waals surface area contributed by atoms with E-state index in [1.165, 1.54) is 6.92 Å². The van der Waals surface area contributed by atoms with Crippen LogP contribution < -0.4 is 20.1 Å². The highest BCUT2D eigenvalue weighted by atomic mass is 16.7. The maximum Gasteiger partial charge on any atom is 0.231 e. The Kier molecular flexibility index (Phi) is 3.04. The molecular weight excluding hydrogens is 296 g/mol. The molecule has 1 aliphatic rings. The third-order valence-corrected chi connectivity index (χ3v) is 3.42. The summed E-state index contributed by atoms with van der Waals surface area (Å²) in [5.74, 6) is 1.90. The minimum atomic E-state index is -0.111. The van der Waals surface area contributed by atoms with Gasteiger partial charge in [-0.25, -0.2) is 4.98 Å². The lowest BCUT2D eigenvalue weighted by atomic mass is 10.3. The number of imidazole rings is 1. The van der Waals surface area contributed by atoms with Gasteiger partial charge in [0.25, 0.3) is 0 Å². The second kappa shape index (κ2) is 5.20. The van der Waals surface area contributed by atoms with Crippen molar-refractivity contribution in [3.8, 4) is 11.5 Å². The quantitative estimate of drug-likeness (QED) is 0.692. The number of amides is 1. The van der Waals surface area contributed by atoms with Crippen LogP contribution in [0.4, 0.5) is 17.3 Å². The normalized spacial score (nSPS) is 12.4. The van der Waals surface area contributed by atoms with Gasteiger partial charge in [0.2, 0.25) is 18.6 Å². The molecule has 0 fully saturated rings. The van der Waals surface area contributed by atoms with Gasteiger partial charge in [-0.1, -0.05) is 6.07 Å². The van der Waals surface area contributed by atoms with Crippen LogP contribution in [0.1, 0.15) is 6.92 Å². The number of anilines is 3. The zero-order valence-corrected chi connectivity index (χ0v) is 12.3. The van der Waals surface area contributed by atoms with E-state index in [-0.39, 0.29) is 12.7 Å². The number of rotatable bonds is 3. The van der Waals surface area contributed by atoms with E-state index >= 15 is 0 Å². The number of aromatic nitrogens is 2. The van der Waals surface area contributed by atoms with E-state index in [4.69, 9.17) is 9.47 Å². The molecule has 116 valence electrons. The van der Waals surface area contributed by atoms with Crippen molar-refractivity contribution < 1.29 is 14.3 Å². The third-order valence-electron chi connectivity index (χ3n) is 3.42. The Labute approximate surface area is 131 Å². The Hall–Kier alpha value is -3.22. The summed E-state index contributed by atoms with van der Waals surface area (Å²) in [5.41, 5.74) is 3.18. The van der Waals surface area contributed by atoms with Gasteiger partial charge in [-0.15, -0.1) is 0 Å². The number of benzene rings is 2. The molecule has 1 amide bonds. The van der Waals surface area contributed by atoms with Crippen LogP contribution >= 0.6 is 0 Å². The van der Waals surface area contributed by atoms with Crippen LogP contribution in [0.15, 0.2) is 36.4 Å². The minimum absolute atomic E-state index is 0.111. The van der Waals surface area contributed by atoms with Crippen LogP contribution in [0.25, 0.3) is 11.0 Å². The molecular formula is C16H14N4O3. The van der Waals surface area contributed by atoms with Crippen molar-refractivity contribution >= 4 is 34.3 Å². The number of nitrogens with one attached hydrogen (secondary N) is 3. The highest BCUT2D eigenvalue weighted by Crippen LogP contribution is 2.35. The number of ether oxygens (including phenoxy) is 2. The fraction of sp³-hybridized carbons (Fsp3) is 0.125. The standard InChI is InChI=1S/C16H14N4O3/c1-9(21)17-10-3-2-4-11(5-10)18-16-19-12-6-14-15(23-8-22-14)7-13(12)20-16/h2-7H,8H2,1H3,(H,17,21)(H2,18,19,20). The molecule has 0 atom stereocenters. The molecule has 1 aromatic heterocycles. The van der Waals surface area contributed by atoms with Gasteiger partial charge in [-0.05, 0) is 18.2 Å². The number of hydrogen-bond acceptors (Lipinski definition) is 5. The molecule has 3 aromatic rings. The van der Waals surface area contributed by atoms with Crippen molar-refractivity contribution in [1.82, 2.24) is 9.97 Å². The fourth-order valence-corrected chi connectivity index (χ4v) is 2.47. The Balaban J connectivity index is 1.61. The molecule has 0 bridgehead atoms. The lowest BCUT2D eigenvalue weighted by Crippen LogP contribution is -2.05. The Morgan fingerprint density at radius 2 is 1.96 bits per heavy atom. The van der Waals surface area contributed by atoms with Crippen LogP contribution in [-0.4, -0.2) is 22.7 Å². The first-order valence-electron chi connectivity index (χ1n) is 7.11. The predicted molar refractivity (Wildman–Crippen MR) is 86.2 cm³/mol. The number of nitrogens with zero attached hydrogens (tertiary/aromatic N) is 1. The minimum Gasteiger partial charge on any atom is -0.454 e. The molecule has 4 rings (SSSR count).